The van der Waals surface area contributed by atoms with Crippen molar-refractivity contribution < 1.29 is 9.13 Å². The Balaban J connectivity index is 1.77. The molecule has 9 heteroatoms. The van der Waals surface area contributed by atoms with Gasteiger partial charge in [-0.25, -0.2) is 19.0 Å². The molecule has 0 amide bonds. The first-order chi connectivity index (χ1) is 13.5. The van der Waals surface area contributed by atoms with E-state index in [2.05, 4.69) is 20.1 Å². The summed E-state index contributed by atoms with van der Waals surface area (Å²) >= 11 is 0. The van der Waals surface area contributed by atoms with Gasteiger partial charge < -0.3 is 10.1 Å². The van der Waals surface area contributed by atoms with Crippen molar-refractivity contribution in [2.45, 2.75) is 25.8 Å². The second-order valence-corrected chi connectivity index (χ2v) is 6.81. The van der Waals surface area contributed by atoms with Gasteiger partial charge in [-0.05, 0) is 37.5 Å². The molecule has 0 aliphatic carbocycles. The molecule has 1 aromatic carbocycles. The van der Waals surface area contributed by atoms with E-state index in [1.807, 2.05) is 0 Å². The summed E-state index contributed by atoms with van der Waals surface area (Å²) in [4.78, 5) is 24.7. The van der Waals surface area contributed by atoms with Gasteiger partial charge in [0.2, 0.25) is 11.6 Å². The van der Waals surface area contributed by atoms with Crippen molar-refractivity contribution in [2.75, 3.05) is 18.5 Å². The molecule has 3 heterocycles. The number of aromatic nitrogens is 4. The number of halogens is 1. The van der Waals surface area contributed by atoms with Crippen LogP contribution < -0.4 is 11.0 Å². The summed E-state index contributed by atoms with van der Waals surface area (Å²) < 4.78 is 22.6. The maximum absolute atomic E-state index is 14.0. The smallest absolute Gasteiger partial charge is 0.330 e. The highest BCUT2D eigenvalue weighted by atomic mass is 19.1. The predicted molar refractivity (Wildman–Crippen MR) is 103 cm³/mol. The van der Waals surface area contributed by atoms with Crippen LogP contribution in [0.15, 0.2) is 23.1 Å². The summed E-state index contributed by atoms with van der Waals surface area (Å²) in [6.45, 7) is 9.99. The number of aryl methyl sites for hydroxylation is 2. The number of fused-ring (bicyclic) bond motifs is 1. The van der Waals surface area contributed by atoms with E-state index in [0.29, 0.717) is 35.6 Å². The molecule has 1 aliphatic rings. The Hall–Kier alpha value is -3.25. The highest BCUT2D eigenvalue weighted by molar-refractivity contribution is 5.73. The molecule has 1 fully saturated rings. The normalized spacial score (nSPS) is 14.9. The van der Waals surface area contributed by atoms with Crippen LogP contribution >= 0.6 is 0 Å². The van der Waals surface area contributed by atoms with Gasteiger partial charge in [0, 0.05) is 32.0 Å². The molecule has 1 N–H and O–H groups in total. The first kappa shape index (κ1) is 18.1. The number of imidazole rings is 1. The van der Waals surface area contributed by atoms with E-state index in [-0.39, 0.29) is 23.4 Å². The monoisotopic (exact) mass is 382 g/mol. The number of rotatable bonds is 3. The van der Waals surface area contributed by atoms with Crippen molar-refractivity contribution in [3.05, 3.63) is 51.6 Å². The van der Waals surface area contributed by atoms with Crippen LogP contribution in [0.4, 0.5) is 21.7 Å². The standard InChI is InChI=1S/C19H19FN6O2/c1-11-8-15(21-2)13(20)9-14(11)23-18-22-10-16-17(24-18)26(19(27)25(16)3)12-4-6-28-7-5-12/h8-10,12H,4-7H2,1,3H3,(H,22,23,24). The second-order valence-electron chi connectivity index (χ2n) is 6.81. The molecule has 3 aromatic rings. The number of benzene rings is 1. The van der Waals surface area contributed by atoms with Crippen LogP contribution in [0.2, 0.25) is 0 Å². The molecule has 8 nitrogen and oxygen atoms in total. The zero-order chi connectivity index (χ0) is 19.8. The van der Waals surface area contributed by atoms with Crippen LogP contribution in [0.1, 0.15) is 24.4 Å². The van der Waals surface area contributed by atoms with Crippen LogP contribution in [0, 0.1) is 19.3 Å². The minimum absolute atomic E-state index is 0.0184. The molecule has 1 saturated heterocycles. The summed E-state index contributed by atoms with van der Waals surface area (Å²) in [6, 6.07) is 2.75. The maximum atomic E-state index is 14.0. The second kappa shape index (κ2) is 7.05. The molecule has 4 rings (SSSR count). The molecule has 0 bridgehead atoms. The van der Waals surface area contributed by atoms with Crippen molar-refractivity contribution in [2.24, 2.45) is 7.05 Å². The summed E-state index contributed by atoms with van der Waals surface area (Å²) in [7, 11) is 1.69. The highest BCUT2D eigenvalue weighted by Gasteiger charge is 2.23. The molecule has 1 aliphatic heterocycles. The summed E-state index contributed by atoms with van der Waals surface area (Å²) in [6.07, 6.45) is 3.07. The lowest BCUT2D eigenvalue weighted by Gasteiger charge is -2.22. The van der Waals surface area contributed by atoms with Gasteiger partial charge in [0.1, 0.15) is 11.3 Å². The van der Waals surface area contributed by atoms with Crippen molar-refractivity contribution in [3.8, 4) is 0 Å². The fourth-order valence-electron chi connectivity index (χ4n) is 3.48. The van der Waals surface area contributed by atoms with Gasteiger partial charge in [0.25, 0.3) is 0 Å². The van der Waals surface area contributed by atoms with Gasteiger partial charge in [0.15, 0.2) is 5.65 Å². The molecule has 0 saturated carbocycles. The fourth-order valence-corrected chi connectivity index (χ4v) is 3.48. The fraction of sp³-hybridized carbons (Fsp3) is 0.368. The van der Waals surface area contributed by atoms with Crippen LogP contribution in [0.3, 0.4) is 0 Å². The van der Waals surface area contributed by atoms with Crippen molar-refractivity contribution in [1.29, 1.82) is 0 Å². The van der Waals surface area contributed by atoms with Gasteiger partial charge in [-0.1, -0.05) is 0 Å². The predicted octanol–water partition coefficient (Wildman–Crippen LogP) is 3.22. The average Bonchev–Trinajstić information content (AvgIpc) is 2.95. The quantitative estimate of drug-likeness (QED) is 0.704. The molecule has 2 aromatic heterocycles. The first-order valence-corrected chi connectivity index (χ1v) is 8.96. The van der Waals surface area contributed by atoms with Crippen molar-refractivity contribution in [3.63, 3.8) is 0 Å². The lowest BCUT2D eigenvalue weighted by Crippen LogP contribution is -2.30. The Bertz CT molecular complexity index is 1150. The van der Waals surface area contributed by atoms with Crippen molar-refractivity contribution in [1.82, 2.24) is 19.1 Å². The molecule has 28 heavy (non-hydrogen) atoms. The molecule has 0 radical (unpaired) electrons. The third-order valence-corrected chi connectivity index (χ3v) is 5.05. The van der Waals surface area contributed by atoms with E-state index in [9.17, 15) is 9.18 Å². The average molecular weight is 382 g/mol. The number of hydrogen-bond acceptors (Lipinski definition) is 5. The number of anilines is 2. The van der Waals surface area contributed by atoms with Crippen LogP contribution in [-0.2, 0) is 11.8 Å². The molecular formula is C19H19FN6O2. The van der Waals surface area contributed by atoms with E-state index in [1.165, 1.54) is 16.7 Å². The van der Waals surface area contributed by atoms with E-state index in [4.69, 9.17) is 11.3 Å². The summed E-state index contributed by atoms with van der Waals surface area (Å²) in [5.74, 6) is -0.347. The number of nitrogens with one attached hydrogen (secondary N) is 1. The van der Waals surface area contributed by atoms with Gasteiger partial charge in [0.05, 0.1) is 12.8 Å². The lowest BCUT2D eigenvalue weighted by molar-refractivity contribution is 0.0695. The SMILES string of the molecule is [C-]#[N+]c1cc(C)c(Nc2ncc3c(n2)n(C2CCOCC2)c(=O)n3C)cc1F. The van der Waals surface area contributed by atoms with E-state index < -0.39 is 5.82 Å². The molecule has 0 spiro atoms. The van der Waals surface area contributed by atoms with Crippen LogP contribution in [-0.4, -0.2) is 32.3 Å². The third kappa shape index (κ3) is 3.01. The van der Waals surface area contributed by atoms with E-state index in [0.717, 1.165) is 12.8 Å². The molecular weight excluding hydrogens is 363 g/mol. The Morgan fingerprint density at radius 1 is 1.36 bits per heavy atom. The lowest BCUT2D eigenvalue weighted by atomic mass is 10.1. The minimum Gasteiger partial charge on any atom is -0.381 e. The Morgan fingerprint density at radius 2 is 2.11 bits per heavy atom. The minimum atomic E-state index is -0.608. The van der Waals surface area contributed by atoms with E-state index in [1.54, 1.807) is 24.7 Å². The molecule has 0 atom stereocenters. The van der Waals surface area contributed by atoms with Crippen LogP contribution in [0.25, 0.3) is 16.0 Å². The third-order valence-electron chi connectivity index (χ3n) is 5.05. The largest absolute Gasteiger partial charge is 0.381 e. The van der Waals surface area contributed by atoms with Crippen LogP contribution in [0.5, 0.6) is 0 Å². The molecule has 144 valence electrons. The zero-order valence-electron chi connectivity index (χ0n) is 15.6. The van der Waals surface area contributed by atoms with Gasteiger partial charge in [-0.15, -0.1) is 0 Å². The van der Waals surface area contributed by atoms with E-state index >= 15 is 0 Å². The van der Waals surface area contributed by atoms with Gasteiger partial charge in [-0.2, -0.15) is 4.98 Å². The van der Waals surface area contributed by atoms with Gasteiger partial charge in [-0.3, -0.25) is 9.13 Å². The Labute approximate surface area is 160 Å². The number of ether oxygens (including phenoxy) is 1. The topological polar surface area (TPSA) is 78.3 Å². The maximum Gasteiger partial charge on any atom is 0.330 e. The highest BCUT2D eigenvalue weighted by Crippen LogP contribution is 2.28. The first-order valence-electron chi connectivity index (χ1n) is 8.96. The molecule has 0 unspecified atom stereocenters. The van der Waals surface area contributed by atoms with Gasteiger partial charge >= 0.3 is 5.69 Å². The Kier molecular flexibility index (Phi) is 4.57. The summed E-state index contributed by atoms with van der Waals surface area (Å²) in [5.41, 5.74) is 2.17. The van der Waals surface area contributed by atoms with Crippen molar-refractivity contribution >= 4 is 28.5 Å². The number of nitrogens with zero attached hydrogens (tertiary/aromatic N) is 5. The number of hydrogen-bond donors (Lipinski definition) is 1. The Morgan fingerprint density at radius 3 is 2.82 bits per heavy atom. The zero-order valence-corrected chi connectivity index (χ0v) is 15.6. The summed E-state index contributed by atoms with van der Waals surface area (Å²) in [5, 5.41) is 3.00.